The minimum absolute atomic E-state index is 0.271. The van der Waals surface area contributed by atoms with Crippen molar-refractivity contribution in [3.63, 3.8) is 0 Å². The van der Waals surface area contributed by atoms with Crippen molar-refractivity contribution in [1.82, 2.24) is 10.2 Å². The molecule has 0 amide bonds. The highest BCUT2D eigenvalue weighted by Crippen LogP contribution is 2.14. The molecule has 1 aliphatic rings. The van der Waals surface area contributed by atoms with Crippen molar-refractivity contribution in [2.75, 3.05) is 31.1 Å². The van der Waals surface area contributed by atoms with E-state index >= 15 is 0 Å². The van der Waals surface area contributed by atoms with Crippen LogP contribution in [0.3, 0.4) is 0 Å². The third-order valence-electron chi connectivity index (χ3n) is 3.65. The third kappa shape index (κ3) is 6.21. The van der Waals surface area contributed by atoms with Crippen molar-refractivity contribution in [3.8, 4) is 6.07 Å². The predicted molar refractivity (Wildman–Crippen MR) is 81.2 cm³/mol. The molecular formula is C14H27N3O2S. The largest absolute Gasteiger partial charge is 0.302 e. The van der Waals surface area contributed by atoms with E-state index < -0.39 is 15.4 Å². The number of nitrogens with one attached hydrogen (secondary N) is 1. The van der Waals surface area contributed by atoms with Crippen molar-refractivity contribution in [3.05, 3.63) is 0 Å². The second kappa shape index (κ2) is 7.39. The van der Waals surface area contributed by atoms with Crippen LogP contribution < -0.4 is 5.32 Å². The van der Waals surface area contributed by atoms with Crippen molar-refractivity contribution >= 4 is 9.84 Å². The van der Waals surface area contributed by atoms with Gasteiger partial charge in [0.1, 0.15) is 5.54 Å². The highest BCUT2D eigenvalue weighted by atomic mass is 32.2. The average molecular weight is 301 g/mol. The molecule has 1 N–H and O–H groups in total. The van der Waals surface area contributed by atoms with Gasteiger partial charge in [0.05, 0.1) is 17.6 Å². The lowest BCUT2D eigenvalue weighted by molar-refractivity contribution is 0.271. The summed E-state index contributed by atoms with van der Waals surface area (Å²) < 4.78 is 23.1. The molecule has 20 heavy (non-hydrogen) atoms. The maximum Gasteiger partial charge on any atom is 0.151 e. The fourth-order valence-corrected chi connectivity index (χ4v) is 3.98. The molecule has 0 radical (unpaired) electrons. The Kier molecular flexibility index (Phi) is 6.44. The van der Waals surface area contributed by atoms with Gasteiger partial charge >= 0.3 is 0 Å². The van der Waals surface area contributed by atoms with Crippen LogP contribution in [0, 0.1) is 11.3 Å². The number of nitriles is 1. The smallest absolute Gasteiger partial charge is 0.151 e. The SMILES string of the molecule is CC(C)NC(C)(C#N)CCCN1CCCS(=O)(=O)CC1. The summed E-state index contributed by atoms with van der Waals surface area (Å²) in [6, 6.07) is 2.63. The van der Waals surface area contributed by atoms with Gasteiger partial charge in [0, 0.05) is 12.6 Å². The molecular weight excluding hydrogens is 274 g/mol. The van der Waals surface area contributed by atoms with Crippen LogP contribution >= 0.6 is 0 Å². The summed E-state index contributed by atoms with van der Waals surface area (Å²) in [4.78, 5) is 2.21. The number of rotatable bonds is 6. The Labute approximate surface area is 123 Å². The molecule has 0 aromatic heterocycles. The molecule has 0 saturated carbocycles. The zero-order valence-corrected chi connectivity index (χ0v) is 13.7. The number of nitrogens with zero attached hydrogens (tertiary/aromatic N) is 2. The van der Waals surface area contributed by atoms with Crippen LogP contribution in [0.15, 0.2) is 0 Å². The van der Waals surface area contributed by atoms with Crippen molar-refractivity contribution in [2.24, 2.45) is 0 Å². The molecule has 0 aromatic rings. The highest BCUT2D eigenvalue weighted by molar-refractivity contribution is 7.91. The zero-order chi connectivity index (χ0) is 15.2. The Morgan fingerprint density at radius 3 is 2.65 bits per heavy atom. The second-order valence-electron chi connectivity index (χ2n) is 6.19. The lowest BCUT2D eigenvalue weighted by atomic mass is 9.96. The summed E-state index contributed by atoms with van der Waals surface area (Å²) >= 11 is 0. The van der Waals surface area contributed by atoms with Crippen LogP contribution in [0.4, 0.5) is 0 Å². The quantitative estimate of drug-likeness (QED) is 0.797. The van der Waals surface area contributed by atoms with E-state index in [0.717, 1.165) is 32.4 Å². The summed E-state index contributed by atoms with van der Waals surface area (Å²) in [5.74, 6) is 0.584. The minimum atomic E-state index is -2.83. The summed E-state index contributed by atoms with van der Waals surface area (Å²) in [5, 5.41) is 12.6. The van der Waals surface area contributed by atoms with Gasteiger partial charge in [-0.1, -0.05) is 0 Å². The molecule has 0 aromatic carbocycles. The Morgan fingerprint density at radius 2 is 2.05 bits per heavy atom. The van der Waals surface area contributed by atoms with E-state index in [1.165, 1.54) is 0 Å². The Morgan fingerprint density at radius 1 is 1.35 bits per heavy atom. The van der Waals surface area contributed by atoms with E-state index in [1.807, 2.05) is 20.8 Å². The number of sulfone groups is 1. The van der Waals surface area contributed by atoms with Crippen molar-refractivity contribution in [1.29, 1.82) is 5.26 Å². The molecule has 116 valence electrons. The van der Waals surface area contributed by atoms with E-state index in [9.17, 15) is 13.7 Å². The van der Waals surface area contributed by atoms with Crippen LogP contribution in [0.2, 0.25) is 0 Å². The molecule has 6 heteroatoms. The van der Waals surface area contributed by atoms with Crippen LogP contribution in [-0.4, -0.2) is 56.0 Å². The molecule has 1 atom stereocenters. The molecule has 1 aliphatic heterocycles. The predicted octanol–water partition coefficient (Wildman–Crippen LogP) is 1.17. The Bertz CT molecular complexity index is 442. The average Bonchev–Trinajstić information content (AvgIpc) is 2.50. The molecule has 1 saturated heterocycles. The molecule has 1 fully saturated rings. The standard InChI is InChI=1S/C14H27N3O2S/c1-13(2)16-14(3,12-15)6-4-7-17-8-5-10-20(18,19)11-9-17/h13,16H,4-11H2,1-3H3. The fraction of sp³-hybridized carbons (Fsp3) is 0.929. The second-order valence-corrected chi connectivity index (χ2v) is 8.50. The number of hydrogen-bond acceptors (Lipinski definition) is 5. The zero-order valence-electron chi connectivity index (χ0n) is 12.9. The van der Waals surface area contributed by atoms with Gasteiger partial charge in [-0.2, -0.15) is 5.26 Å². The molecule has 0 spiro atoms. The van der Waals surface area contributed by atoms with Gasteiger partial charge in [-0.3, -0.25) is 5.32 Å². The lowest BCUT2D eigenvalue weighted by Gasteiger charge is -2.27. The molecule has 1 heterocycles. The molecule has 1 rings (SSSR count). The lowest BCUT2D eigenvalue weighted by Crippen LogP contribution is -2.45. The Hall–Kier alpha value is -0.640. The van der Waals surface area contributed by atoms with Gasteiger partial charge in [0.15, 0.2) is 9.84 Å². The van der Waals surface area contributed by atoms with E-state index in [0.29, 0.717) is 12.3 Å². The molecule has 1 unspecified atom stereocenters. The van der Waals surface area contributed by atoms with Gasteiger partial charge in [0.2, 0.25) is 0 Å². The maximum atomic E-state index is 11.5. The summed E-state index contributed by atoms with van der Waals surface area (Å²) in [5.41, 5.74) is -0.494. The van der Waals surface area contributed by atoms with Crippen LogP contribution in [0.1, 0.15) is 40.0 Å². The monoisotopic (exact) mass is 301 g/mol. The molecule has 0 aliphatic carbocycles. The highest BCUT2D eigenvalue weighted by Gasteiger charge is 2.25. The van der Waals surface area contributed by atoms with Crippen LogP contribution in [-0.2, 0) is 9.84 Å². The van der Waals surface area contributed by atoms with Gasteiger partial charge in [-0.05, 0) is 53.1 Å². The summed E-state index contributed by atoms with van der Waals surface area (Å²) in [7, 11) is -2.83. The Balaban J connectivity index is 2.38. The first-order valence-corrected chi connectivity index (χ1v) is 9.20. The van der Waals surface area contributed by atoms with Gasteiger partial charge in [-0.15, -0.1) is 0 Å². The van der Waals surface area contributed by atoms with Crippen molar-refractivity contribution < 1.29 is 8.42 Å². The summed E-state index contributed by atoms with van der Waals surface area (Å²) in [6.07, 6.45) is 2.41. The van der Waals surface area contributed by atoms with Crippen LogP contribution in [0.25, 0.3) is 0 Å². The first-order valence-electron chi connectivity index (χ1n) is 7.38. The first kappa shape index (κ1) is 17.4. The summed E-state index contributed by atoms with van der Waals surface area (Å²) in [6.45, 7) is 8.35. The van der Waals surface area contributed by atoms with Gasteiger partial charge in [0.25, 0.3) is 0 Å². The topological polar surface area (TPSA) is 73.2 Å². The number of hydrogen-bond donors (Lipinski definition) is 1. The molecule has 5 nitrogen and oxygen atoms in total. The van der Waals surface area contributed by atoms with Gasteiger partial charge in [-0.25, -0.2) is 8.42 Å². The van der Waals surface area contributed by atoms with E-state index in [2.05, 4.69) is 16.3 Å². The van der Waals surface area contributed by atoms with Crippen LogP contribution in [0.5, 0.6) is 0 Å². The molecule has 0 bridgehead atoms. The van der Waals surface area contributed by atoms with E-state index in [-0.39, 0.29) is 11.8 Å². The fourth-order valence-electron chi connectivity index (χ4n) is 2.67. The van der Waals surface area contributed by atoms with E-state index in [1.54, 1.807) is 0 Å². The first-order chi connectivity index (χ1) is 9.26. The van der Waals surface area contributed by atoms with E-state index in [4.69, 9.17) is 0 Å². The minimum Gasteiger partial charge on any atom is -0.302 e. The third-order valence-corrected chi connectivity index (χ3v) is 5.37. The van der Waals surface area contributed by atoms with Crippen molar-refractivity contribution in [2.45, 2.75) is 51.6 Å². The maximum absolute atomic E-state index is 11.5. The normalized spacial score (nSPS) is 22.9. The van der Waals surface area contributed by atoms with Gasteiger partial charge < -0.3 is 4.90 Å².